The second-order valence-electron chi connectivity index (χ2n) is 5.40. The van der Waals surface area contributed by atoms with Crippen molar-refractivity contribution < 1.29 is 14.6 Å². The minimum atomic E-state index is -0.832. The zero-order valence-electron chi connectivity index (χ0n) is 14.5. The molecular formula is C17H20N4O5. The van der Waals surface area contributed by atoms with Gasteiger partial charge in [0.1, 0.15) is 11.3 Å². The number of hydrogen-bond acceptors (Lipinski definition) is 6. The average molecular weight is 360 g/mol. The van der Waals surface area contributed by atoms with Crippen LogP contribution in [0.4, 0.5) is 0 Å². The number of methoxy groups -OCH3 is 1. The van der Waals surface area contributed by atoms with E-state index < -0.39 is 17.1 Å². The van der Waals surface area contributed by atoms with Gasteiger partial charge in [-0.25, -0.2) is 14.8 Å². The first-order valence-corrected chi connectivity index (χ1v) is 8.03. The van der Waals surface area contributed by atoms with E-state index in [2.05, 4.69) is 15.5 Å². The SMILES string of the molecule is CCCCC(=O)N/N=C/c1c(O)n(-c2ccccc2OC)c(=O)[nH]c1=O. The molecule has 0 saturated heterocycles. The highest BCUT2D eigenvalue weighted by molar-refractivity contribution is 5.84. The lowest BCUT2D eigenvalue weighted by atomic mass is 10.2. The molecule has 1 aromatic carbocycles. The fourth-order valence-corrected chi connectivity index (χ4v) is 2.25. The van der Waals surface area contributed by atoms with Crippen LogP contribution in [0.2, 0.25) is 0 Å². The molecule has 0 saturated carbocycles. The molecule has 2 aromatic rings. The molecule has 0 aliphatic heterocycles. The van der Waals surface area contributed by atoms with Gasteiger partial charge >= 0.3 is 5.69 Å². The summed E-state index contributed by atoms with van der Waals surface area (Å²) < 4.78 is 6.07. The van der Waals surface area contributed by atoms with Crippen LogP contribution in [0.5, 0.6) is 11.6 Å². The smallest absolute Gasteiger partial charge is 0.335 e. The number of carbonyl (C=O) groups excluding carboxylic acids is 1. The molecule has 26 heavy (non-hydrogen) atoms. The number of aromatic hydroxyl groups is 1. The van der Waals surface area contributed by atoms with Gasteiger partial charge < -0.3 is 9.84 Å². The van der Waals surface area contributed by atoms with Crippen LogP contribution in [0, 0.1) is 0 Å². The molecule has 138 valence electrons. The van der Waals surface area contributed by atoms with Gasteiger partial charge in [0.25, 0.3) is 5.56 Å². The van der Waals surface area contributed by atoms with Crippen LogP contribution >= 0.6 is 0 Å². The predicted molar refractivity (Wildman–Crippen MR) is 96.1 cm³/mol. The first kappa shape index (κ1) is 19.0. The van der Waals surface area contributed by atoms with Gasteiger partial charge in [-0.15, -0.1) is 0 Å². The molecule has 0 aliphatic carbocycles. The quantitative estimate of drug-likeness (QED) is 0.499. The average Bonchev–Trinajstić information content (AvgIpc) is 2.62. The highest BCUT2D eigenvalue weighted by Crippen LogP contribution is 2.24. The zero-order chi connectivity index (χ0) is 19.1. The highest BCUT2D eigenvalue weighted by atomic mass is 16.5. The van der Waals surface area contributed by atoms with Crippen LogP contribution in [0.25, 0.3) is 5.69 Å². The Hall–Kier alpha value is -3.36. The molecule has 2 rings (SSSR count). The van der Waals surface area contributed by atoms with Crippen molar-refractivity contribution in [2.75, 3.05) is 7.11 Å². The first-order chi connectivity index (χ1) is 12.5. The van der Waals surface area contributed by atoms with E-state index in [9.17, 15) is 19.5 Å². The van der Waals surface area contributed by atoms with Crippen molar-refractivity contribution in [2.45, 2.75) is 26.2 Å². The van der Waals surface area contributed by atoms with Gasteiger partial charge in [-0.3, -0.25) is 14.6 Å². The highest BCUT2D eigenvalue weighted by Gasteiger charge is 2.16. The lowest BCUT2D eigenvalue weighted by molar-refractivity contribution is -0.121. The molecule has 0 aliphatic rings. The Balaban J connectivity index is 2.42. The number of H-pyrrole nitrogens is 1. The monoisotopic (exact) mass is 360 g/mol. The minimum Gasteiger partial charge on any atom is -0.495 e. The lowest BCUT2D eigenvalue weighted by Crippen LogP contribution is -2.31. The number of aromatic amines is 1. The normalized spacial score (nSPS) is 10.8. The summed E-state index contributed by atoms with van der Waals surface area (Å²) in [5.74, 6) is -0.598. The third-order valence-electron chi connectivity index (χ3n) is 3.59. The van der Waals surface area contributed by atoms with Gasteiger partial charge in [0, 0.05) is 6.42 Å². The summed E-state index contributed by atoms with van der Waals surface area (Å²) in [6, 6.07) is 6.50. The number of nitrogens with zero attached hydrogens (tertiary/aromatic N) is 2. The van der Waals surface area contributed by atoms with E-state index in [1.54, 1.807) is 24.3 Å². The van der Waals surface area contributed by atoms with E-state index in [4.69, 9.17) is 4.74 Å². The maximum absolute atomic E-state index is 12.2. The Bertz CT molecular complexity index is 929. The molecule has 9 nitrogen and oxygen atoms in total. The molecule has 0 unspecified atom stereocenters. The topological polar surface area (TPSA) is 126 Å². The Morgan fingerprint density at radius 3 is 2.81 bits per heavy atom. The van der Waals surface area contributed by atoms with E-state index in [1.165, 1.54) is 7.11 Å². The van der Waals surface area contributed by atoms with Crippen LogP contribution in [0.1, 0.15) is 31.7 Å². The maximum Gasteiger partial charge on any atom is 0.335 e. The zero-order valence-corrected chi connectivity index (χ0v) is 14.5. The second-order valence-corrected chi connectivity index (χ2v) is 5.40. The molecule has 9 heteroatoms. The molecule has 1 aromatic heterocycles. The van der Waals surface area contributed by atoms with Gasteiger partial charge in [0.15, 0.2) is 0 Å². The van der Waals surface area contributed by atoms with Crippen LogP contribution in [0.3, 0.4) is 0 Å². The number of nitrogens with one attached hydrogen (secondary N) is 2. The molecular weight excluding hydrogens is 340 g/mol. The lowest BCUT2D eigenvalue weighted by Gasteiger charge is -2.12. The van der Waals surface area contributed by atoms with Crippen molar-refractivity contribution in [2.24, 2.45) is 5.10 Å². The molecule has 0 bridgehead atoms. The number of hydrazone groups is 1. The number of benzene rings is 1. The summed E-state index contributed by atoms with van der Waals surface area (Å²) in [5, 5.41) is 14.1. The van der Waals surface area contributed by atoms with Crippen molar-refractivity contribution in [3.05, 3.63) is 50.7 Å². The van der Waals surface area contributed by atoms with Crippen LogP contribution in [0.15, 0.2) is 39.0 Å². The van der Waals surface area contributed by atoms with E-state index in [1.807, 2.05) is 6.92 Å². The van der Waals surface area contributed by atoms with Gasteiger partial charge in [0.05, 0.1) is 19.0 Å². The van der Waals surface area contributed by atoms with Crippen LogP contribution < -0.4 is 21.4 Å². The standard InChI is InChI=1S/C17H20N4O5/c1-3-4-9-14(22)20-18-10-11-15(23)19-17(25)21(16(11)24)12-7-5-6-8-13(12)26-2/h5-8,10,24H,3-4,9H2,1-2H3,(H,20,22)(H,19,23,25)/b18-10+. The third-order valence-corrected chi connectivity index (χ3v) is 3.59. The summed E-state index contributed by atoms with van der Waals surface area (Å²) in [6.07, 6.45) is 2.87. The van der Waals surface area contributed by atoms with Crippen molar-refractivity contribution in [3.8, 4) is 17.3 Å². The fraction of sp³-hybridized carbons (Fsp3) is 0.294. The van der Waals surface area contributed by atoms with Crippen LogP contribution in [-0.2, 0) is 4.79 Å². The number of rotatable bonds is 7. The Kier molecular flexibility index (Phi) is 6.31. The Morgan fingerprint density at radius 1 is 1.38 bits per heavy atom. The van der Waals surface area contributed by atoms with Crippen molar-refractivity contribution >= 4 is 12.1 Å². The van der Waals surface area contributed by atoms with E-state index in [0.29, 0.717) is 18.6 Å². The van der Waals surface area contributed by atoms with E-state index in [-0.39, 0.29) is 17.2 Å². The van der Waals surface area contributed by atoms with Gasteiger partial charge in [-0.2, -0.15) is 5.10 Å². The number of ether oxygens (including phenoxy) is 1. The minimum absolute atomic E-state index is 0.246. The Morgan fingerprint density at radius 2 is 2.12 bits per heavy atom. The molecule has 1 amide bonds. The number of aromatic nitrogens is 2. The number of amides is 1. The summed E-state index contributed by atoms with van der Waals surface area (Å²) in [7, 11) is 1.42. The number of unbranched alkanes of at least 4 members (excludes halogenated alkanes) is 1. The van der Waals surface area contributed by atoms with Crippen molar-refractivity contribution in [1.82, 2.24) is 15.0 Å². The van der Waals surface area contributed by atoms with Crippen molar-refractivity contribution in [1.29, 1.82) is 0 Å². The van der Waals surface area contributed by atoms with Crippen LogP contribution in [-0.4, -0.2) is 33.9 Å². The summed E-state index contributed by atoms with van der Waals surface area (Å²) in [4.78, 5) is 37.8. The molecule has 3 N–H and O–H groups in total. The van der Waals surface area contributed by atoms with E-state index in [0.717, 1.165) is 17.2 Å². The predicted octanol–water partition coefficient (Wildman–Crippen LogP) is 0.880. The second kappa shape index (κ2) is 8.65. The maximum atomic E-state index is 12.2. The molecule has 0 fully saturated rings. The summed E-state index contributed by atoms with van der Waals surface area (Å²) in [6.45, 7) is 1.95. The number of carbonyl (C=O) groups is 1. The first-order valence-electron chi connectivity index (χ1n) is 8.03. The number of hydrogen-bond donors (Lipinski definition) is 3. The van der Waals surface area contributed by atoms with E-state index >= 15 is 0 Å². The molecule has 0 spiro atoms. The molecule has 1 heterocycles. The largest absolute Gasteiger partial charge is 0.495 e. The summed E-state index contributed by atoms with van der Waals surface area (Å²) in [5.41, 5.74) is 0.584. The Labute approximate surface area is 149 Å². The third kappa shape index (κ3) is 4.18. The van der Waals surface area contributed by atoms with Gasteiger partial charge in [-0.05, 0) is 18.6 Å². The van der Waals surface area contributed by atoms with Gasteiger partial charge in [-0.1, -0.05) is 25.5 Å². The number of para-hydroxylation sites is 2. The summed E-state index contributed by atoms with van der Waals surface area (Å²) >= 11 is 0. The molecule has 0 radical (unpaired) electrons. The van der Waals surface area contributed by atoms with Gasteiger partial charge in [0.2, 0.25) is 11.8 Å². The molecule has 0 atom stereocenters. The fourth-order valence-electron chi connectivity index (χ4n) is 2.25. The van der Waals surface area contributed by atoms with Crippen molar-refractivity contribution in [3.63, 3.8) is 0 Å².